The van der Waals surface area contributed by atoms with Crippen molar-refractivity contribution in [3.63, 3.8) is 0 Å². The summed E-state index contributed by atoms with van der Waals surface area (Å²) in [4.78, 5) is 12.7. The van der Waals surface area contributed by atoms with Crippen molar-refractivity contribution >= 4 is 11.6 Å². The van der Waals surface area contributed by atoms with Crippen LogP contribution in [0.4, 0.5) is 5.69 Å². The summed E-state index contributed by atoms with van der Waals surface area (Å²) < 4.78 is 0. The normalized spacial score (nSPS) is 15.8. The van der Waals surface area contributed by atoms with Crippen LogP contribution in [-0.2, 0) is 16.6 Å². The average molecular weight is 354 g/mol. The SMILES string of the molecule is CCc1[nH]nc(-c2ccc(C(C)(C)C)cc2)c1NC(=O)C1CCCCC1. The van der Waals surface area contributed by atoms with E-state index in [1.165, 1.54) is 12.0 Å². The Morgan fingerprint density at radius 2 is 1.81 bits per heavy atom. The molecule has 1 fully saturated rings. The molecule has 2 N–H and O–H groups in total. The zero-order valence-corrected chi connectivity index (χ0v) is 16.5. The Morgan fingerprint density at radius 1 is 1.15 bits per heavy atom. The fraction of sp³-hybridized carbons (Fsp3) is 0.545. The molecule has 4 heteroatoms. The molecular formula is C22H31N3O. The number of aromatic nitrogens is 2. The van der Waals surface area contributed by atoms with Gasteiger partial charge in [-0.3, -0.25) is 9.89 Å². The number of nitrogens with zero attached hydrogens (tertiary/aromatic N) is 1. The second-order valence-electron chi connectivity index (χ2n) is 8.43. The van der Waals surface area contributed by atoms with Crippen LogP contribution in [-0.4, -0.2) is 16.1 Å². The number of aromatic amines is 1. The molecule has 1 saturated carbocycles. The molecule has 3 rings (SSSR count). The van der Waals surface area contributed by atoms with Gasteiger partial charge in [-0.15, -0.1) is 0 Å². The number of carbonyl (C=O) groups is 1. The predicted octanol–water partition coefficient (Wildman–Crippen LogP) is 5.46. The first kappa shape index (κ1) is 18.7. The van der Waals surface area contributed by atoms with E-state index in [9.17, 15) is 4.79 Å². The van der Waals surface area contributed by atoms with Gasteiger partial charge in [-0.2, -0.15) is 5.10 Å². The maximum atomic E-state index is 12.7. The fourth-order valence-electron chi connectivity index (χ4n) is 3.70. The molecule has 0 saturated heterocycles. The number of anilines is 1. The number of amides is 1. The lowest BCUT2D eigenvalue weighted by Crippen LogP contribution is -2.25. The quantitative estimate of drug-likeness (QED) is 0.767. The minimum absolute atomic E-state index is 0.122. The van der Waals surface area contributed by atoms with Gasteiger partial charge < -0.3 is 5.32 Å². The van der Waals surface area contributed by atoms with Crippen LogP contribution >= 0.6 is 0 Å². The molecule has 1 heterocycles. The van der Waals surface area contributed by atoms with Crippen molar-refractivity contribution in [3.8, 4) is 11.3 Å². The molecule has 0 aliphatic heterocycles. The molecule has 140 valence electrons. The van der Waals surface area contributed by atoms with Gasteiger partial charge in [-0.25, -0.2) is 0 Å². The molecule has 4 nitrogen and oxygen atoms in total. The average Bonchev–Trinajstić information content (AvgIpc) is 3.04. The highest BCUT2D eigenvalue weighted by molar-refractivity contribution is 5.96. The summed E-state index contributed by atoms with van der Waals surface area (Å²) in [7, 11) is 0. The number of H-pyrrole nitrogens is 1. The minimum atomic E-state index is 0.122. The van der Waals surface area contributed by atoms with Crippen LogP contribution in [0.1, 0.15) is 71.1 Å². The summed E-state index contributed by atoms with van der Waals surface area (Å²) in [5.74, 6) is 0.285. The third kappa shape index (κ3) is 4.00. The number of hydrogen-bond donors (Lipinski definition) is 2. The van der Waals surface area contributed by atoms with Gasteiger partial charge in [-0.05, 0) is 30.2 Å². The predicted molar refractivity (Wildman–Crippen MR) is 107 cm³/mol. The first-order valence-corrected chi connectivity index (χ1v) is 9.89. The van der Waals surface area contributed by atoms with Crippen LogP contribution in [0.25, 0.3) is 11.3 Å². The van der Waals surface area contributed by atoms with E-state index in [0.29, 0.717) is 0 Å². The molecule has 0 bridgehead atoms. The molecule has 0 spiro atoms. The highest BCUT2D eigenvalue weighted by Crippen LogP contribution is 2.33. The zero-order valence-electron chi connectivity index (χ0n) is 16.5. The lowest BCUT2D eigenvalue weighted by atomic mass is 9.86. The highest BCUT2D eigenvalue weighted by atomic mass is 16.1. The van der Waals surface area contributed by atoms with Crippen LogP contribution in [0.5, 0.6) is 0 Å². The topological polar surface area (TPSA) is 57.8 Å². The van der Waals surface area contributed by atoms with Gasteiger partial charge in [0.15, 0.2) is 0 Å². The van der Waals surface area contributed by atoms with Crippen molar-refractivity contribution in [1.29, 1.82) is 0 Å². The first-order chi connectivity index (χ1) is 12.4. The van der Waals surface area contributed by atoms with Crippen molar-refractivity contribution in [1.82, 2.24) is 10.2 Å². The van der Waals surface area contributed by atoms with Crippen molar-refractivity contribution in [3.05, 3.63) is 35.5 Å². The maximum Gasteiger partial charge on any atom is 0.227 e. The number of hydrogen-bond acceptors (Lipinski definition) is 2. The maximum absolute atomic E-state index is 12.7. The van der Waals surface area contributed by atoms with Crippen molar-refractivity contribution < 1.29 is 4.79 Å². The lowest BCUT2D eigenvalue weighted by molar-refractivity contribution is -0.120. The van der Waals surface area contributed by atoms with E-state index < -0.39 is 0 Å². The standard InChI is InChI=1S/C22H31N3O/c1-5-18-20(23-21(26)16-9-7-6-8-10-16)19(25-24-18)15-11-13-17(14-12-15)22(2,3)4/h11-14,16H,5-10H2,1-4H3,(H,23,26)(H,24,25). The van der Waals surface area contributed by atoms with Crippen LogP contribution < -0.4 is 5.32 Å². The number of carbonyl (C=O) groups excluding carboxylic acids is 1. The molecule has 1 aliphatic rings. The van der Waals surface area contributed by atoms with E-state index in [-0.39, 0.29) is 17.2 Å². The Balaban J connectivity index is 1.86. The number of nitrogens with one attached hydrogen (secondary N) is 2. The number of aryl methyl sites for hydroxylation is 1. The summed E-state index contributed by atoms with van der Waals surface area (Å²) in [6, 6.07) is 8.52. The Morgan fingerprint density at radius 3 is 2.38 bits per heavy atom. The summed E-state index contributed by atoms with van der Waals surface area (Å²) >= 11 is 0. The lowest BCUT2D eigenvalue weighted by Gasteiger charge is -2.21. The summed E-state index contributed by atoms with van der Waals surface area (Å²) in [6.07, 6.45) is 6.38. The molecule has 1 aromatic heterocycles. The van der Waals surface area contributed by atoms with E-state index in [2.05, 4.69) is 67.5 Å². The Hall–Kier alpha value is -2.10. The summed E-state index contributed by atoms with van der Waals surface area (Å²) in [6.45, 7) is 8.71. The summed E-state index contributed by atoms with van der Waals surface area (Å²) in [5.41, 5.74) is 5.13. The second-order valence-corrected chi connectivity index (χ2v) is 8.43. The van der Waals surface area contributed by atoms with Crippen LogP contribution in [0.15, 0.2) is 24.3 Å². The van der Waals surface area contributed by atoms with Crippen molar-refractivity contribution in [2.45, 2.75) is 71.6 Å². The van der Waals surface area contributed by atoms with Crippen LogP contribution in [0.3, 0.4) is 0 Å². The van der Waals surface area contributed by atoms with E-state index in [1.54, 1.807) is 0 Å². The van der Waals surface area contributed by atoms with E-state index in [1.807, 2.05) is 0 Å². The summed E-state index contributed by atoms with van der Waals surface area (Å²) in [5, 5.41) is 10.8. The molecule has 0 unspecified atom stereocenters. The molecule has 1 aliphatic carbocycles. The van der Waals surface area contributed by atoms with Crippen LogP contribution in [0.2, 0.25) is 0 Å². The Kier molecular flexibility index (Phi) is 5.49. The van der Waals surface area contributed by atoms with Crippen LogP contribution in [0, 0.1) is 5.92 Å². The zero-order chi connectivity index (χ0) is 18.7. The van der Waals surface area contributed by atoms with Gasteiger partial charge in [0.1, 0.15) is 5.69 Å². The molecule has 2 aromatic rings. The largest absolute Gasteiger partial charge is 0.322 e. The number of rotatable bonds is 4. The molecule has 0 radical (unpaired) electrons. The van der Waals surface area contributed by atoms with Crippen molar-refractivity contribution in [2.75, 3.05) is 5.32 Å². The van der Waals surface area contributed by atoms with Gasteiger partial charge in [0.2, 0.25) is 5.91 Å². The monoisotopic (exact) mass is 353 g/mol. The first-order valence-electron chi connectivity index (χ1n) is 9.89. The third-order valence-corrected chi connectivity index (χ3v) is 5.44. The smallest absolute Gasteiger partial charge is 0.227 e. The molecule has 0 atom stereocenters. The molecular weight excluding hydrogens is 322 g/mol. The second kappa shape index (κ2) is 7.65. The Bertz CT molecular complexity index is 747. The molecule has 1 amide bonds. The molecule has 26 heavy (non-hydrogen) atoms. The highest BCUT2D eigenvalue weighted by Gasteiger charge is 2.24. The van der Waals surface area contributed by atoms with Gasteiger partial charge in [0.25, 0.3) is 0 Å². The van der Waals surface area contributed by atoms with Gasteiger partial charge in [0, 0.05) is 11.5 Å². The Labute approximate surface area is 156 Å². The van der Waals surface area contributed by atoms with Gasteiger partial charge in [0.05, 0.1) is 11.4 Å². The van der Waals surface area contributed by atoms with Crippen molar-refractivity contribution in [2.24, 2.45) is 5.92 Å². The minimum Gasteiger partial charge on any atom is -0.322 e. The van der Waals surface area contributed by atoms with E-state index >= 15 is 0 Å². The molecule has 1 aromatic carbocycles. The van der Waals surface area contributed by atoms with E-state index in [4.69, 9.17) is 0 Å². The third-order valence-electron chi connectivity index (χ3n) is 5.44. The van der Waals surface area contributed by atoms with Gasteiger partial charge >= 0.3 is 0 Å². The number of benzene rings is 1. The van der Waals surface area contributed by atoms with E-state index in [0.717, 1.165) is 54.7 Å². The van der Waals surface area contributed by atoms with Gasteiger partial charge in [-0.1, -0.05) is 71.2 Å². The fourth-order valence-corrected chi connectivity index (χ4v) is 3.70.